The van der Waals surface area contributed by atoms with Crippen LogP contribution < -0.4 is 15.0 Å². The Morgan fingerprint density at radius 3 is 2.79 bits per heavy atom. The van der Waals surface area contributed by atoms with Gasteiger partial charge in [-0.15, -0.1) is 11.3 Å². The van der Waals surface area contributed by atoms with Gasteiger partial charge in [-0.1, -0.05) is 12.1 Å². The molecule has 0 aliphatic heterocycles. The van der Waals surface area contributed by atoms with Crippen molar-refractivity contribution in [2.75, 3.05) is 26.0 Å². The van der Waals surface area contributed by atoms with Crippen LogP contribution in [0.1, 0.15) is 18.0 Å². The molecule has 146 valence electrons. The fourth-order valence-electron chi connectivity index (χ4n) is 2.78. The third kappa shape index (κ3) is 4.26. The van der Waals surface area contributed by atoms with Gasteiger partial charge in [-0.25, -0.2) is 4.98 Å². The number of fused-ring (bicyclic) bond motifs is 1. The van der Waals surface area contributed by atoms with E-state index in [2.05, 4.69) is 10.3 Å². The molecule has 0 radical (unpaired) electrons. The van der Waals surface area contributed by atoms with Gasteiger partial charge >= 0.3 is 0 Å². The van der Waals surface area contributed by atoms with Crippen LogP contribution in [0.25, 0.3) is 10.2 Å². The molecular formula is C19H21N4O4S+. The Morgan fingerprint density at radius 2 is 2.11 bits per heavy atom. The number of benzene rings is 2. The van der Waals surface area contributed by atoms with E-state index in [1.807, 2.05) is 38.2 Å². The average molecular weight is 401 g/mol. The molecule has 1 unspecified atom stereocenters. The number of nitro groups is 1. The van der Waals surface area contributed by atoms with E-state index in [1.165, 1.54) is 19.2 Å². The fraction of sp³-hybridized carbons (Fsp3) is 0.263. The zero-order chi connectivity index (χ0) is 20.3. The minimum absolute atomic E-state index is 0.00834. The second kappa shape index (κ2) is 8.32. The number of carbonyl (C=O) groups excluding carboxylic acids is 1. The summed E-state index contributed by atoms with van der Waals surface area (Å²) in [5.41, 5.74) is 0.890. The summed E-state index contributed by atoms with van der Waals surface area (Å²) in [7, 11) is 3.33. The average Bonchev–Trinajstić information content (AvgIpc) is 3.11. The molecule has 0 saturated heterocycles. The number of ether oxygens (including phenoxy) is 1. The lowest BCUT2D eigenvalue weighted by atomic mass is 10.2. The number of hydrogen-bond donors (Lipinski definition) is 2. The second-order valence-electron chi connectivity index (χ2n) is 6.45. The van der Waals surface area contributed by atoms with Gasteiger partial charge in [0, 0.05) is 0 Å². The molecule has 0 fully saturated rings. The van der Waals surface area contributed by atoms with Crippen molar-refractivity contribution in [3.63, 3.8) is 0 Å². The first-order valence-electron chi connectivity index (χ1n) is 8.69. The zero-order valence-electron chi connectivity index (χ0n) is 15.8. The number of hydrogen-bond acceptors (Lipinski definition) is 6. The third-order valence-corrected chi connectivity index (χ3v) is 5.75. The highest BCUT2D eigenvalue weighted by atomic mass is 32.1. The van der Waals surface area contributed by atoms with Crippen LogP contribution >= 0.6 is 11.3 Å². The van der Waals surface area contributed by atoms with Crippen LogP contribution in [0, 0.1) is 10.1 Å². The van der Waals surface area contributed by atoms with Gasteiger partial charge in [0.15, 0.2) is 11.6 Å². The first-order valence-corrected chi connectivity index (χ1v) is 9.50. The van der Waals surface area contributed by atoms with E-state index in [0.29, 0.717) is 5.75 Å². The maximum Gasteiger partial charge on any atom is 0.296 e. The van der Waals surface area contributed by atoms with Crippen LogP contribution in [0.2, 0.25) is 0 Å². The zero-order valence-corrected chi connectivity index (χ0v) is 16.6. The number of nitro benzene ring substituents is 1. The lowest BCUT2D eigenvalue weighted by Crippen LogP contribution is -3.10. The highest BCUT2D eigenvalue weighted by Crippen LogP contribution is 2.29. The van der Waals surface area contributed by atoms with Crippen LogP contribution in [0.5, 0.6) is 5.75 Å². The van der Waals surface area contributed by atoms with Crippen LogP contribution in [0.4, 0.5) is 11.4 Å². The van der Waals surface area contributed by atoms with Crippen LogP contribution in [0.15, 0.2) is 42.5 Å². The van der Waals surface area contributed by atoms with Gasteiger partial charge in [-0.3, -0.25) is 14.9 Å². The molecule has 0 bridgehead atoms. The van der Waals surface area contributed by atoms with Gasteiger partial charge in [0.1, 0.15) is 17.5 Å². The Bertz CT molecular complexity index is 987. The van der Waals surface area contributed by atoms with E-state index < -0.39 is 4.92 Å². The van der Waals surface area contributed by atoms with Crippen LogP contribution in [-0.4, -0.2) is 36.5 Å². The molecular weight excluding hydrogens is 380 g/mol. The number of para-hydroxylation sites is 1. The van der Waals surface area contributed by atoms with Crippen molar-refractivity contribution in [3.8, 4) is 5.75 Å². The Balaban J connectivity index is 1.69. The van der Waals surface area contributed by atoms with Gasteiger partial charge in [-0.2, -0.15) is 0 Å². The number of likely N-dealkylation sites (N-methyl/N-ethyl adjacent to an activating group) is 1. The molecule has 0 aliphatic carbocycles. The third-order valence-electron chi connectivity index (χ3n) is 4.54. The Hall–Kier alpha value is -3.04. The number of thiazole rings is 1. The topological polar surface area (TPSA) is 98.8 Å². The number of rotatable bonds is 7. The minimum atomic E-state index is -0.543. The Kier molecular flexibility index (Phi) is 5.86. The summed E-state index contributed by atoms with van der Waals surface area (Å²) >= 11 is 1.61. The molecule has 3 aromatic rings. The quantitative estimate of drug-likeness (QED) is 0.468. The fourth-order valence-corrected chi connectivity index (χ4v) is 3.89. The van der Waals surface area contributed by atoms with Crippen molar-refractivity contribution < 1.29 is 19.4 Å². The summed E-state index contributed by atoms with van der Waals surface area (Å²) in [5, 5.41) is 14.8. The van der Waals surface area contributed by atoms with E-state index in [-0.39, 0.29) is 29.9 Å². The number of nitrogens with one attached hydrogen (secondary N) is 2. The number of quaternary nitrogens is 1. The maximum atomic E-state index is 12.5. The predicted octanol–water partition coefficient (Wildman–Crippen LogP) is 2.43. The number of aromatic nitrogens is 1. The second-order valence-corrected chi connectivity index (χ2v) is 7.52. The van der Waals surface area contributed by atoms with Gasteiger partial charge in [0.2, 0.25) is 0 Å². The van der Waals surface area contributed by atoms with Gasteiger partial charge in [-0.05, 0) is 31.2 Å². The van der Waals surface area contributed by atoms with Crippen molar-refractivity contribution in [2.24, 2.45) is 0 Å². The molecule has 3 rings (SSSR count). The molecule has 2 aromatic carbocycles. The van der Waals surface area contributed by atoms with Crippen molar-refractivity contribution in [1.82, 2.24) is 4.98 Å². The van der Waals surface area contributed by atoms with Crippen molar-refractivity contribution in [3.05, 3.63) is 57.6 Å². The first kappa shape index (κ1) is 19.7. The van der Waals surface area contributed by atoms with Gasteiger partial charge in [0.05, 0.1) is 35.4 Å². The first-order chi connectivity index (χ1) is 13.4. The van der Waals surface area contributed by atoms with E-state index >= 15 is 0 Å². The number of anilines is 1. The number of amides is 1. The van der Waals surface area contributed by atoms with E-state index in [0.717, 1.165) is 20.1 Å². The lowest BCUT2D eigenvalue weighted by molar-refractivity contribution is -0.902. The monoisotopic (exact) mass is 401 g/mol. The van der Waals surface area contributed by atoms with E-state index in [1.54, 1.807) is 17.4 Å². The lowest BCUT2D eigenvalue weighted by Gasteiger charge is -2.19. The Labute approximate surface area is 165 Å². The summed E-state index contributed by atoms with van der Waals surface area (Å²) in [6.07, 6.45) is 0. The largest absolute Gasteiger partial charge is 0.496 e. The summed E-state index contributed by atoms with van der Waals surface area (Å²) in [5.74, 6) is 0.0515. The standard InChI is InChI=1S/C19H20N4O4S/c1-12(19-21-15-6-4-5-7-17(15)28-19)22(2)11-18(24)20-14-9-8-13(27-3)10-16(14)23(25)26/h4-10,12H,11H2,1-3H3,(H,20,24)/p+1/t12-/m0/s1. The smallest absolute Gasteiger partial charge is 0.296 e. The summed E-state index contributed by atoms with van der Waals surface area (Å²) < 4.78 is 6.11. The minimum Gasteiger partial charge on any atom is -0.496 e. The summed E-state index contributed by atoms with van der Waals surface area (Å²) in [4.78, 5) is 28.8. The molecule has 2 atom stereocenters. The SMILES string of the molecule is COc1ccc(NC(=O)C[NH+](C)[C@@H](C)c2nc3ccccc3s2)c([N+](=O)[O-])c1. The molecule has 1 heterocycles. The molecule has 1 aromatic heterocycles. The molecule has 1 amide bonds. The van der Waals surface area contributed by atoms with E-state index in [4.69, 9.17) is 4.74 Å². The van der Waals surface area contributed by atoms with Gasteiger partial charge in [0.25, 0.3) is 11.6 Å². The van der Waals surface area contributed by atoms with Crippen LogP contribution in [0.3, 0.4) is 0 Å². The molecule has 0 spiro atoms. The molecule has 9 heteroatoms. The highest BCUT2D eigenvalue weighted by molar-refractivity contribution is 7.18. The summed E-state index contributed by atoms with van der Waals surface area (Å²) in [6.45, 7) is 2.16. The van der Waals surface area contributed by atoms with Crippen molar-refractivity contribution >= 4 is 38.8 Å². The molecule has 8 nitrogen and oxygen atoms in total. The van der Waals surface area contributed by atoms with E-state index in [9.17, 15) is 14.9 Å². The highest BCUT2D eigenvalue weighted by Gasteiger charge is 2.24. The predicted molar refractivity (Wildman–Crippen MR) is 108 cm³/mol. The van der Waals surface area contributed by atoms with Crippen molar-refractivity contribution in [2.45, 2.75) is 13.0 Å². The molecule has 0 saturated carbocycles. The molecule has 0 aliphatic rings. The maximum absolute atomic E-state index is 12.5. The summed E-state index contributed by atoms with van der Waals surface area (Å²) in [6, 6.07) is 12.2. The number of methoxy groups -OCH3 is 1. The van der Waals surface area contributed by atoms with Crippen molar-refractivity contribution in [1.29, 1.82) is 0 Å². The number of nitrogens with zero attached hydrogens (tertiary/aromatic N) is 2. The molecule has 2 N–H and O–H groups in total. The molecule has 28 heavy (non-hydrogen) atoms. The number of carbonyl (C=O) groups is 1. The Morgan fingerprint density at radius 1 is 1.36 bits per heavy atom. The van der Waals surface area contributed by atoms with Gasteiger partial charge < -0.3 is 15.0 Å². The normalized spacial score (nSPS) is 13.1. The van der Waals surface area contributed by atoms with Crippen LogP contribution in [-0.2, 0) is 4.79 Å².